The molecule has 0 spiro atoms. The Morgan fingerprint density at radius 2 is 2.06 bits per heavy atom. The Balaban J connectivity index is 2.75. The van der Waals surface area contributed by atoms with Crippen LogP contribution in [0.1, 0.15) is 43.5 Å². The highest BCUT2D eigenvalue weighted by Gasteiger charge is 2.09. The maximum absolute atomic E-state index is 11.4. The van der Waals surface area contributed by atoms with Crippen molar-refractivity contribution in [2.24, 2.45) is 0 Å². The van der Waals surface area contributed by atoms with Crippen molar-refractivity contribution in [1.29, 1.82) is 0 Å². The van der Waals surface area contributed by atoms with Crippen LogP contribution in [0.4, 0.5) is 0 Å². The molecule has 0 aliphatic carbocycles. The highest BCUT2D eigenvalue weighted by atomic mass is 16.5. The molecule has 0 amide bonds. The quantitative estimate of drug-likeness (QED) is 0.537. The van der Waals surface area contributed by atoms with E-state index in [9.17, 15) is 4.79 Å². The van der Waals surface area contributed by atoms with E-state index in [1.165, 1.54) is 0 Å². The van der Waals surface area contributed by atoms with Gasteiger partial charge in [0.05, 0.1) is 19.3 Å². The van der Waals surface area contributed by atoms with Crippen molar-refractivity contribution in [3.63, 3.8) is 0 Å². The standard InChI is InChI=1S/C14H20O3/c1-4-5-6-9-17-14-10-12(16-3)7-8-13(14)11(2)15/h7-8,10H,4-6,9H2,1-3H3. The Bertz CT molecular complexity index is 372. The highest BCUT2D eigenvalue weighted by Crippen LogP contribution is 2.25. The Kier molecular flexibility index (Phi) is 5.53. The van der Waals surface area contributed by atoms with Gasteiger partial charge in [0.1, 0.15) is 11.5 Å². The van der Waals surface area contributed by atoms with Crippen molar-refractivity contribution in [1.82, 2.24) is 0 Å². The van der Waals surface area contributed by atoms with Crippen LogP contribution in [0.2, 0.25) is 0 Å². The molecule has 0 saturated carbocycles. The summed E-state index contributed by atoms with van der Waals surface area (Å²) in [5.74, 6) is 1.34. The zero-order chi connectivity index (χ0) is 12.7. The number of carbonyl (C=O) groups is 1. The van der Waals surface area contributed by atoms with Crippen LogP contribution >= 0.6 is 0 Å². The smallest absolute Gasteiger partial charge is 0.163 e. The van der Waals surface area contributed by atoms with Crippen molar-refractivity contribution < 1.29 is 14.3 Å². The Hall–Kier alpha value is -1.51. The Labute approximate surface area is 103 Å². The largest absolute Gasteiger partial charge is 0.497 e. The van der Waals surface area contributed by atoms with E-state index < -0.39 is 0 Å². The first-order chi connectivity index (χ1) is 8.19. The molecule has 0 fully saturated rings. The number of hydrogen-bond acceptors (Lipinski definition) is 3. The van der Waals surface area contributed by atoms with Crippen LogP contribution in [0.5, 0.6) is 11.5 Å². The maximum atomic E-state index is 11.4. The predicted octanol–water partition coefficient (Wildman–Crippen LogP) is 3.47. The Morgan fingerprint density at radius 3 is 2.65 bits per heavy atom. The molecule has 0 saturated heterocycles. The highest BCUT2D eigenvalue weighted by molar-refractivity contribution is 5.97. The molecule has 1 aromatic rings. The van der Waals surface area contributed by atoms with Gasteiger partial charge in [-0.3, -0.25) is 4.79 Å². The van der Waals surface area contributed by atoms with E-state index in [1.54, 1.807) is 32.2 Å². The van der Waals surface area contributed by atoms with Gasteiger partial charge in [-0.2, -0.15) is 0 Å². The summed E-state index contributed by atoms with van der Waals surface area (Å²) < 4.78 is 10.8. The molecule has 0 aliphatic rings. The van der Waals surface area contributed by atoms with Crippen LogP contribution < -0.4 is 9.47 Å². The molecule has 0 N–H and O–H groups in total. The summed E-state index contributed by atoms with van der Waals surface area (Å²) in [6.07, 6.45) is 3.30. The summed E-state index contributed by atoms with van der Waals surface area (Å²) in [6, 6.07) is 5.29. The molecule has 94 valence electrons. The van der Waals surface area contributed by atoms with Crippen molar-refractivity contribution in [3.8, 4) is 11.5 Å². The zero-order valence-corrected chi connectivity index (χ0v) is 10.8. The number of benzene rings is 1. The van der Waals surface area contributed by atoms with Gasteiger partial charge in [-0.25, -0.2) is 0 Å². The Morgan fingerprint density at radius 1 is 1.29 bits per heavy atom. The molecule has 0 aliphatic heterocycles. The molecular weight excluding hydrogens is 216 g/mol. The molecule has 3 nitrogen and oxygen atoms in total. The minimum Gasteiger partial charge on any atom is -0.497 e. The lowest BCUT2D eigenvalue weighted by Gasteiger charge is -2.11. The van der Waals surface area contributed by atoms with E-state index in [2.05, 4.69) is 6.92 Å². The van der Waals surface area contributed by atoms with Gasteiger partial charge < -0.3 is 9.47 Å². The number of ether oxygens (including phenoxy) is 2. The first-order valence-corrected chi connectivity index (χ1v) is 6.00. The normalized spacial score (nSPS) is 10.1. The lowest BCUT2D eigenvalue weighted by molar-refractivity contribution is 0.101. The number of rotatable bonds is 7. The third-order valence-corrected chi connectivity index (χ3v) is 2.57. The molecule has 17 heavy (non-hydrogen) atoms. The molecule has 0 atom stereocenters. The van der Waals surface area contributed by atoms with E-state index in [0.29, 0.717) is 23.7 Å². The van der Waals surface area contributed by atoms with Crippen molar-refractivity contribution in [2.45, 2.75) is 33.1 Å². The number of hydrogen-bond donors (Lipinski definition) is 0. The fraction of sp³-hybridized carbons (Fsp3) is 0.500. The molecular formula is C14H20O3. The van der Waals surface area contributed by atoms with E-state index >= 15 is 0 Å². The fourth-order valence-corrected chi connectivity index (χ4v) is 1.57. The minimum absolute atomic E-state index is 0.0122. The van der Waals surface area contributed by atoms with E-state index in [-0.39, 0.29) is 5.78 Å². The molecule has 0 bridgehead atoms. The van der Waals surface area contributed by atoms with Gasteiger partial charge in [-0.15, -0.1) is 0 Å². The second-order valence-corrected chi connectivity index (χ2v) is 3.97. The molecule has 1 rings (SSSR count). The number of methoxy groups -OCH3 is 1. The van der Waals surface area contributed by atoms with Crippen LogP contribution in [0.3, 0.4) is 0 Å². The third-order valence-electron chi connectivity index (χ3n) is 2.57. The van der Waals surface area contributed by atoms with Crippen LogP contribution in [-0.4, -0.2) is 19.5 Å². The summed E-state index contributed by atoms with van der Waals surface area (Å²) in [4.78, 5) is 11.4. The molecule has 1 aromatic carbocycles. The molecule has 0 unspecified atom stereocenters. The molecule has 0 aromatic heterocycles. The zero-order valence-electron chi connectivity index (χ0n) is 10.8. The number of Topliss-reactive ketones (excluding diaryl/α,β-unsaturated/α-hetero) is 1. The van der Waals surface area contributed by atoms with Crippen molar-refractivity contribution in [3.05, 3.63) is 23.8 Å². The fourth-order valence-electron chi connectivity index (χ4n) is 1.57. The predicted molar refractivity (Wildman–Crippen MR) is 68.0 cm³/mol. The van der Waals surface area contributed by atoms with E-state index in [1.807, 2.05) is 0 Å². The lowest BCUT2D eigenvalue weighted by Crippen LogP contribution is -2.03. The average molecular weight is 236 g/mol. The third kappa shape index (κ3) is 4.10. The second-order valence-electron chi connectivity index (χ2n) is 3.97. The number of ketones is 1. The summed E-state index contributed by atoms with van der Waals surface area (Å²) in [7, 11) is 1.60. The molecule has 0 radical (unpaired) electrons. The van der Waals surface area contributed by atoms with E-state index in [0.717, 1.165) is 19.3 Å². The van der Waals surface area contributed by atoms with Crippen molar-refractivity contribution in [2.75, 3.05) is 13.7 Å². The van der Waals surface area contributed by atoms with Gasteiger partial charge in [0.2, 0.25) is 0 Å². The summed E-state index contributed by atoms with van der Waals surface area (Å²) in [5, 5.41) is 0. The van der Waals surface area contributed by atoms with Gasteiger partial charge in [-0.05, 0) is 25.5 Å². The minimum atomic E-state index is 0.0122. The SMILES string of the molecule is CCCCCOc1cc(OC)ccc1C(C)=O. The van der Waals surface area contributed by atoms with Crippen molar-refractivity contribution >= 4 is 5.78 Å². The number of carbonyl (C=O) groups excluding carboxylic acids is 1. The maximum Gasteiger partial charge on any atom is 0.163 e. The van der Waals surface area contributed by atoms with Gasteiger partial charge in [0, 0.05) is 6.07 Å². The van der Waals surface area contributed by atoms with Crippen LogP contribution in [0, 0.1) is 0 Å². The first-order valence-electron chi connectivity index (χ1n) is 6.00. The topological polar surface area (TPSA) is 35.5 Å². The average Bonchev–Trinajstić information content (AvgIpc) is 2.34. The first kappa shape index (κ1) is 13.6. The van der Waals surface area contributed by atoms with Gasteiger partial charge in [0.15, 0.2) is 5.78 Å². The molecule has 3 heteroatoms. The lowest BCUT2D eigenvalue weighted by atomic mass is 10.1. The van der Waals surface area contributed by atoms with Gasteiger partial charge in [0.25, 0.3) is 0 Å². The van der Waals surface area contributed by atoms with E-state index in [4.69, 9.17) is 9.47 Å². The van der Waals surface area contributed by atoms with Gasteiger partial charge in [-0.1, -0.05) is 19.8 Å². The van der Waals surface area contributed by atoms with Crippen LogP contribution in [-0.2, 0) is 0 Å². The van der Waals surface area contributed by atoms with Crippen LogP contribution in [0.15, 0.2) is 18.2 Å². The van der Waals surface area contributed by atoms with Gasteiger partial charge >= 0.3 is 0 Å². The monoisotopic (exact) mass is 236 g/mol. The summed E-state index contributed by atoms with van der Waals surface area (Å²) in [5.41, 5.74) is 0.613. The van der Waals surface area contributed by atoms with Crippen LogP contribution in [0.25, 0.3) is 0 Å². The summed E-state index contributed by atoms with van der Waals surface area (Å²) in [6.45, 7) is 4.33. The summed E-state index contributed by atoms with van der Waals surface area (Å²) >= 11 is 0. The second kappa shape index (κ2) is 6.94. The molecule has 0 heterocycles. The number of unbranched alkanes of at least 4 members (excludes halogenated alkanes) is 2.